The van der Waals surface area contributed by atoms with E-state index in [0.717, 1.165) is 21.5 Å². The molecule has 0 radical (unpaired) electrons. The normalized spacial score (nSPS) is 18.7. The van der Waals surface area contributed by atoms with Crippen LogP contribution in [0.2, 0.25) is 0 Å². The Morgan fingerprint density at radius 2 is 1.65 bits per heavy atom. The SMILES string of the molecule is COc1ccc([C@H]2c3ccc(O)cc3OC[C@H]2c2ccc(Br)cc2)cc1. The van der Waals surface area contributed by atoms with Crippen LogP contribution in [0.25, 0.3) is 0 Å². The number of phenolic OH excluding ortho intramolecular Hbond substituents is 1. The summed E-state index contributed by atoms with van der Waals surface area (Å²) in [6.07, 6.45) is 0. The minimum Gasteiger partial charge on any atom is -0.508 e. The van der Waals surface area contributed by atoms with E-state index >= 15 is 0 Å². The van der Waals surface area contributed by atoms with Crippen molar-refractivity contribution in [1.29, 1.82) is 0 Å². The molecule has 1 aliphatic rings. The van der Waals surface area contributed by atoms with E-state index in [1.165, 1.54) is 11.1 Å². The van der Waals surface area contributed by atoms with Crippen LogP contribution < -0.4 is 9.47 Å². The zero-order valence-electron chi connectivity index (χ0n) is 14.4. The second-order valence-electron chi connectivity index (χ2n) is 6.44. The van der Waals surface area contributed by atoms with Gasteiger partial charge < -0.3 is 14.6 Å². The minimum absolute atomic E-state index is 0.145. The monoisotopic (exact) mass is 410 g/mol. The molecule has 0 bridgehead atoms. The fraction of sp³-hybridized carbons (Fsp3) is 0.182. The first kappa shape index (κ1) is 17.0. The highest BCUT2D eigenvalue weighted by atomic mass is 79.9. The number of benzene rings is 3. The summed E-state index contributed by atoms with van der Waals surface area (Å²) in [6, 6.07) is 22.0. The molecule has 0 unspecified atom stereocenters. The largest absolute Gasteiger partial charge is 0.508 e. The fourth-order valence-corrected chi connectivity index (χ4v) is 3.88. The molecule has 0 amide bonds. The molecule has 4 rings (SSSR count). The lowest BCUT2D eigenvalue weighted by Gasteiger charge is -2.34. The van der Waals surface area contributed by atoms with Crippen molar-refractivity contribution < 1.29 is 14.6 Å². The van der Waals surface area contributed by atoms with E-state index in [2.05, 4.69) is 52.3 Å². The summed E-state index contributed by atoms with van der Waals surface area (Å²) < 4.78 is 12.4. The van der Waals surface area contributed by atoms with Crippen LogP contribution in [0, 0.1) is 0 Å². The van der Waals surface area contributed by atoms with Crippen LogP contribution in [0.1, 0.15) is 28.5 Å². The number of halogens is 1. The van der Waals surface area contributed by atoms with Gasteiger partial charge in [-0.2, -0.15) is 0 Å². The molecule has 3 aromatic carbocycles. The summed E-state index contributed by atoms with van der Waals surface area (Å²) >= 11 is 3.51. The van der Waals surface area contributed by atoms with Crippen LogP contribution in [0.4, 0.5) is 0 Å². The summed E-state index contributed by atoms with van der Waals surface area (Å²) in [4.78, 5) is 0. The van der Waals surface area contributed by atoms with E-state index < -0.39 is 0 Å². The van der Waals surface area contributed by atoms with Crippen LogP contribution in [0.3, 0.4) is 0 Å². The van der Waals surface area contributed by atoms with Gasteiger partial charge in [0.05, 0.1) is 13.7 Å². The quantitative estimate of drug-likeness (QED) is 0.621. The molecule has 1 aliphatic heterocycles. The molecule has 0 fully saturated rings. The Labute approximate surface area is 161 Å². The zero-order chi connectivity index (χ0) is 18.1. The molecule has 132 valence electrons. The van der Waals surface area contributed by atoms with Crippen molar-refractivity contribution in [2.45, 2.75) is 11.8 Å². The molecule has 3 nitrogen and oxygen atoms in total. The standard InChI is InChI=1S/C22H19BrO3/c1-25-18-9-4-15(5-10-18)22-19-11-8-17(24)12-21(19)26-13-20(22)14-2-6-16(23)7-3-14/h2-12,20,22,24H,13H2,1H3/t20-,22-/m0/s1. The maximum absolute atomic E-state index is 9.83. The maximum Gasteiger partial charge on any atom is 0.126 e. The minimum atomic E-state index is 0.145. The molecular formula is C22H19BrO3. The highest BCUT2D eigenvalue weighted by molar-refractivity contribution is 9.10. The molecule has 1 N–H and O–H groups in total. The molecule has 4 heteroatoms. The van der Waals surface area contributed by atoms with Gasteiger partial charge in [-0.3, -0.25) is 0 Å². The van der Waals surface area contributed by atoms with Gasteiger partial charge in [-0.25, -0.2) is 0 Å². The van der Waals surface area contributed by atoms with Crippen molar-refractivity contribution in [1.82, 2.24) is 0 Å². The molecule has 2 atom stereocenters. The average molecular weight is 411 g/mol. The third-order valence-corrected chi connectivity index (χ3v) is 5.45. The summed E-state index contributed by atoms with van der Waals surface area (Å²) in [6.45, 7) is 0.564. The number of phenols is 1. The van der Waals surface area contributed by atoms with E-state index in [9.17, 15) is 5.11 Å². The van der Waals surface area contributed by atoms with Gasteiger partial charge in [0, 0.05) is 27.9 Å². The van der Waals surface area contributed by atoms with E-state index in [1.807, 2.05) is 18.2 Å². The second-order valence-corrected chi connectivity index (χ2v) is 7.36. The van der Waals surface area contributed by atoms with Crippen LogP contribution in [-0.2, 0) is 0 Å². The van der Waals surface area contributed by atoms with Crippen molar-refractivity contribution in [3.8, 4) is 17.2 Å². The summed E-state index contributed by atoms with van der Waals surface area (Å²) in [5.74, 6) is 2.14. The third-order valence-electron chi connectivity index (χ3n) is 4.93. The molecule has 0 aliphatic carbocycles. The predicted molar refractivity (Wildman–Crippen MR) is 105 cm³/mol. The van der Waals surface area contributed by atoms with Crippen LogP contribution in [0.15, 0.2) is 71.2 Å². The Hall–Kier alpha value is -2.46. The Morgan fingerprint density at radius 3 is 2.35 bits per heavy atom. The number of rotatable bonds is 3. The third kappa shape index (κ3) is 3.17. The number of methoxy groups -OCH3 is 1. The zero-order valence-corrected chi connectivity index (χ0v) is 15.9. The molecule has 1 heterocycles. The number of hydrogen-bond acceptors (Lipinski definition) is 3. The Kier molecular flexibility index (Phi) is 4.60. The highest BCUT2D eigenvalue weighted by Gasteiger charge is 2.33. The fourth-order valence-electron chi connectivity index (χ4n) is 3.62. The number of aromatic hydroxyl groups is 1. The van der Waals surface area contributed by atoms with E-state index in [-0.39, 0.29) is 17.6 Å². The first-order chi connectivity index (χ1) is 12.7. The molecule has 0 saturated carbocycles. The first-order valence-electron chi connectivity index (χ1n) is 8.51. The lowest BCUT2D eigenvalue weighted by Crippen LogP contribution is -2.25. The molecule has 0 aromatic heterocycles. The lowest BCUT2D eigenvalue weighted by molar-refractivity contribution is 0.247. The van der Waals surface area contributed by atoms with E-state index in [0.29, 0.717) is 6.61 Å². The number of hydrogen-bond donors (Lipinski definition) is 1. The van der Waals surface area contributed by atoms with E-state index in [4.69, 9.17) is 9.47 Å². The van der Waals surface area contributed by atoms with Crippen molar-refractivity contribution in [2.24, 2.45) is 0 Å². The van der Waals surface area contributed by atoms with Gasteiger partial charge in [-0.05, 0) is 41.5 Å². The maximum atomic E-state index is 9.83. The highest BCUT2D eigenvalue weighted by Crippen LogP contribution is 2.47. The van der Waals surface area contributed by atoms with Gasteiger partial charge in [0.2, 0.25) is 0 Å². The van der Waals surface area contributed by atoms with Crippen LogP contribution >= 0.6 is 15.9 Å². The molecule has 0 saturated heterocycles. The summed E-state index contributed by atoms with van der Waals surface area (Å²) in [7, 11) is 1.67. The lowest BCUT2D eigenvalue weighted by atomic mass is 9.76. The van der Waals surface area contributed by atoms with Crippen molar-refractivity contribution >= 4 is 15.9 Å². The Morgan fingerprint density at radius 1 is 0.962 bits per heavy atom. The van der Waals surface area contributed by atoms with Gasteiger partial charge in [0.25, 0.3) is 0 Å². The van der Waals surface area contributed by atoms with Gasteiger partial charge in [0.15, 0.2) is 0 Å². The van der Waals surface area contributed by atoms with Gasteiger partial charge in [-0.15, -0.1) is 0 Å². The van der Waals surface area contributed by atoms with E-state index in [1.54, 1.807) is 19.2 Å². The molecular weight excluding hydrogens is 392 g/mol. The average Bonchev–Trinajstić information content (AvgIpc) is 2.68. The van der Waals surface area contributed by atoms with Crippen molar-refractivity contribution in [3.63, 3.8) is 0 Å². The van der Waals surface area contributed by atoms with Gasteiger partial charge in [0.1, 0.15) is 17.2 Å². The molecule has 26 heavy (non-hydrogen) atoms. The topological polar surface area (TPSA) is 38.7 Å². The Bertz CT molecular complexity index is 904. The van der Waals surface area contributed by atoms with Crippen molar-refractivity contribution in [2.75, 3.05) is 13.7 Å². The summed E-state index contributed by atoms with van der Waals surface area (Å²) in [5, 5.41) is 9.83. The van der Waals surface area contributed by atoms with Gasteiger partial charge in [-0.1, -0.05) is 46.3 Å². The number of ether oxygens (including phenoxy) is 2. The molecule has 3 aromatic rings. The molecule has 0 spiro atoms. The first-order valence-corrected chi connectivity index (χ1v) is 9.30. The van der Waals surface area contributed by atoms with Crippen LogP contribution in [0.5, 0.6) is 17.2 Å². The van der Waals surface area contributed by atoms with Crippen LogP contribution in [-0.4, -0.2) is 18.8 Å². The second kappa shape index (κ2) is 7.04. The van der Waals surface area contributed by atoms with Crippen molar-refractivity contribution in [3.05, 3.63) is 87.9 Å². The van der Waals surface area contributed by atoms with Gasteiger partial charge >= 0.3 is 0 Å². The predicted octanol–water partition coefficient (Wildman–Crippen LogP) is 5.47. The smallest absolute Gasteiger partial charge is 0.126 e. The summed E-state index contributed by atoms with van der Waals surface area (Å²) in [5.41, 5.74) is 3.52. The Balaban J connectivity index is 1.82. The number of fused-ring (bicyclic) bond motifs is 1.